The first-order valence-electron chi connectivity index (χ1n) is 9.22. The Morgan fingerprint density at radius 3 is 2.63 bits per heavy atom. The summed E-state index contributed by atoms with van der Waals surface area (Å²) in [4.78, 5) is 32.2. The van der Waals surface area contributed by atoms with Crippen LogP contribution in [-0.4, -0.2) is 38.5 Å². The Morgan fingerprint density at radius 1 is 1.17 bits per heavy atom. The lowest BCUT2D eigenvalue weighted by Gasteiger charge is -2.14. The first-order chi connectivity index (χ1) is 14.6. The fourth-order valence-electron chi connectivity index (χ4n) is 3.29. The summed E-state index contributed by atoms with van der Waals surface area (Å²) in [6.45, 7) is 0.216. The summed E-state index contributed by atoms with van der Waals surface area (Å²) in [6.07, 6.45) is 1.76. The van der Waals surface area contributed by atoms with Crippen LogP contribution in [0.5, 0.6) is 5.75 Å². The molecule has 0 atom stereocenters. The first-order valence-corrected chi connectivity index (χ1v) is 10.2. The predicted molar refractivity (Wildman–Crippen MR) is 116 cm³/mol. The molecule has 7 nitrogen and oxygen atoms in total. The van der Waals surface area contributed by atoms with Crippen molar-refractivity contribution in [3.05, 3.63) is 76.7 Å². The minimum atomic E-state index is -0.976. The molecule has 0 radical (unpaired) electrons. The Morgan fingerprint density at radius 2 is 1.90 bits per heavy atom. The van der Waals surface area contributed by atoms with E-state index in [0.717, 1.165) is 28.5 Å². The average molecular weight is 421 g/mol. The number of methoxy groups -OCH3 is 1. The van der Waals surface area contributed by atoms with Crippen LogP contribution in [0.2, 0.25) is 0 Å². The second kappa shape index (κ2) is 8.46. The molecule has 0 fully saturated rings. The molecule has 0 saturated heterocycles. The zero-order valence-electron chi connectivity index (χ0n) is 16.2. The van der Waals surface area contributed by atoms with Crippen molar-refractivity contribution in [2.24, 2.45) is 0 Å². The fourth-order valence-corrected chi connectivity index (χ4v) is 4.00. The number of aromatic nitrogens is 3. The second-order valence-electron chi connectivity index (χ2n) is 6.57. The second-order valence-corrected chi connectivity index (χ2v) is 7.51. The lowest BCUT2D eigenvalue weighted by molar-refractivity contribution is -0.133. The maximum atomic E-state index is 13.3. The lowest BCUT2D eigenvalue weighted by Crippen LogP contribution is -2.24. The Hall–Kier alpha value is -3.52. The van der Waals surface area contributed by atoms with Crippen molar-refractivity contribution < 1.29 is 14.6 Å². The smallest absolute Gasteiger partial charge is 0.313 e. The average Bonchev–Trinajstić information content (AvgIpc) is 3.19. The zero-order valence-corrected chi connectivity index (χ0v) is 17.0. The SMILES string of the molecule is COc1ccccc1Cn1c(SCC(=O)O)nc2c(-c3ccccc3)c[nH]c2c1=O. The molecule has 0 saturated carbocycles. The first kappa shape index (κ1) is 19.8. The van der Waals surface area contributed by atoms with Crippen LogP contribution in [0.25, 0.3) is 22.2 Å². The van der Waals surface area contributed by atoms with Crippen molar-refractivity contribution in [1.29, 1.82) is 0 Å². The van der Waals surface area contributed by atoms with Gasteiger partial charge in [0.2, 0.25) is 0 Å². The number of para-hydroxylation sites is 1. The molecule has 0 bridgehead atoms. The largest absolute Gasteiger partial charge is 0.496 e. The molecular formula is C22H19N3O4S. The van der Waals surface area contributed by atoms with Gasteiger partial charge in [0.15, 0.2) is 5.16 Å². The quantitative estimate of drug-likeness (QED) is 0.349. The highest BCUT2D eigenvalue weighted by molar-refractivity contribution is 7.99. The van der Waals surface area contributed by atoms with Crippen molar-refractivity contribution in [1.82, 2.24) is 14.5 Å². The number of thioether (sulfide) groups is 1. The van der Waals surface area contributed by atoms with Gasteiger partial charge in [0.25, 0.3) is 5.56 Å². The Kier molecular flexibility index (Phi) is 5.58. The number of benzene rings is 2. The van der Waals surface area contributed by atoms with Gasteiger partial charge in [-0.25, -0.2) is 4.98 Å². The monoisotopic (exact) mass is 421 g/mol. The molecule has 4 rings (SSSR count). The van der Waals surface area contributed by atoms with Crippen LogP contribution >= 0.6 is 11.8 Å². The third kappa shape index (κ3) is 3.81. The van der Waals surface area contributed by atoms with E-state index in [1.165, 1.54) is 4.57 Å². The molecule has 30 heavy (non-hydrogen) atoms. The summed E-state index contributed by atoms with van der Waals surface area (Å²) in [5.74, 6) is -0.528. The summed E-state index contributed by atoms with van der Waals surface area (Å²) < 4.78 is 6.89. The van der Waals surface area contributed by atoms with E-state index in [0.29, 0.717) is 21.9 Å². The molecule has 2 aromatic heterocycles. The van der Waals surface area contributed by atoms with Gasteiger partial charge in [0.1, 0.15) is 16.8 Å². The molecule has 2 N–H and O–H groups in total. The molecule has 8 heteroatoms. The molecule has 0 spiro atoms. The fraction of sp³-hybridized carbons (Fsp3) is 0.136. The maximum absolute atomic E-state index is 13.3. The van der Waals surface area contributed by atoms with E-state index in [2.05, 4.69) is 9.97 Å². The summed E-state index contributed by atoms with van der Waals surface area (Å²) >= 11 is 1.02. The third-order valence-corrected chi connectivity index (χ3v) is 5.64. The molecule has 4 aromatic rings. The summed E-state index contributed by atoms with van der Waals surface area (Å²) in [7, 11) is 1.57. The van der Waals surface area contributed by atoms with Crippen LogP contribution in [0, 0.1) is 0 Å². The summed E-state index contributed by atoms with van der Waals surface area (Å²) in [6, 6.07) is 17.0. The number of H-pyrrole nitrogens is 1. The van der Waals surface area contributed by atoms with Crippen molar-refractivity contribution in [3.8, 4) is 16.9 Å². The summed E-state index contributed by atoms with van der Waals surface area (Å²) in [5, 5.41) is 9.50. The van der Waals surface area contributed by atoms with Crippen LogP contribution in [0.3, 0.4) is 0 Å². The highest BCUT2D eigenvalue weighted by Crippen LogP contribution is 2.28. The normalized spacial score (nSPS) is 11.0. The number of hydrogen-bond donors (Lipinski definition) is 2. The van der Waals surface area contributed by atoms with Crippen molar-refractivity contribution in [2.75, 3.05) is 12.9 Å². The number of carbonyl (C=O) groups is 1. The number of rotatable bonds is 7. The molecule has 0 unspecified atom stereocenters. The van der Waals surface area contributed by atoms with Gasteiger partial charge in [-0.2, -0.15) is 0 Å². The molecular weight excluding hydrogens is 402 g/mol. The Bertz CT molecular complexity index is 1260. The van der Waals surface area contributed by atoms with Crippen LogP contribution in [-0.2, 0) is 11.3 Å². The standard InChI is InChI=1S/C22H19N3O4S/c1-29-17-10-6-5-9-15(17)12-25-21(28)20-19(24-22(25)30-13-18(26)27)16(11-23-20)14-7-3-2-4-8-14/h2-11,23H,12-13H2,1H3,(H,26,27). The van der Waals surface area contributed by atoms with Crippen LogP contribution in [0.1, 0.15) is 5.56 Å². The zero-order chi connectivity index (χ0) is 21.1. The Balaban J connectivity index is 1.88. The number of carboxylic acid groups (broad SMARTS) is 1. The number of ether oxygens (including phenoxy) is 1. The molecule has 0 aliphatic carbocycles. The Labute approximate surface area is 176 Å². The summed E-state index contributed by atoms with van der Waals surface area (Å²) in [5.41, 5.74) is 3.16. The number of carboxylic acids is 1. The van der Waals surface area contributed by atoms with Gasteiger partial charge < -0.3 is 14.8 Å². The lowest BCUT2D eigenvalue weighted by atomic mass is 10.1. The van der Waals surface area contributed by atoms with Gasteiger partial charge in [-0.15, -0.1) is 0 Å². The van der Waals surface area contributed by atoms with E-state index in [4.69, 9.17) is 9.84 Å². The molecule has 152 valence electrons. The molecule has 0 amide bonds. The van der Waals surface area contributed by atoms with E-state index in [-0.39, 0.29) is 17.9 Å². The predicted octanol–water partition coefficient (Wildman–Crippen LogP) is 3.63. The van der Waals surface area contributed by atoms with Gasteiger partial charge >= 0.3 is 5.97 Å². The van der Waals surface area contributed by atoms with Crippen molar-refractivity contribution in [3.63, 3.8) is 0 Å². The van der Waals surface area contributed by atoms with Crippen LogP contribution in [0.15, 0.2) is 70.7 Å². The number of nitrogens with one attached hydrogen (secondary N) is 1. The van der Waals surface area contributed by atoms with Crippen molar-refractivity contribution >= 4 is 28.8 Å². The van der Waals surface area contributed by atoms with E-state index < -0.39 is 5.97 Å². The van der Waals surface area contributed by atoms with Gasteiger partial charge in [0, 0.05) is 17.3 Å². The van der Waals surface area contributed by atoms with Gasteiger partial charge in [-0.3, -0.25) is 14.2 Å². The van der Waals surface area contributed by atoms with E-state index in [1.807, 2.05) is 54.6 Å². The van der Waals surface area contributed by atoms with Gasteiger partial charge in [-0.05, 0) is 11.6 Å². The molecule has 0 aliphatic rings. The van der Waals surface area contributed by atoms with Crippen molar-refractivity contribution in [2.45, 2.75) is 11.7 Å². The number of aliphatic carboxylic acids is 1. The van der Waals surface area contributed by atoms with E-state index in [1.54, 1.807) is 13.3 Å². The molecule has 0 aliphatic heterocycles. The minimum Gasteiger partial charge on any atom is -0.496 e. The molecule has 2 heterocycles. The number of aromatic amines is 1. The minimum absolute atomic E-state index is 0.199. The van der Waals surface area contributed by atoms with E-state index >= 15 is 0 Å². The number of fused-ring (bicyclic) bond motifs is 1. The van der Waals surface area contributed by atoms with E-state index in [9.17, 15) is 9.59 Å². The van der Waals surface area contributed by atoms with Crippen LogP contribution < -0.4 is 10.3 Å². The highest BCUT2D eigenvalue weighted by atomic mass is 32.2. The highest BCUT2D eigenvalue weighted by Gasteiger charge is 2.18. The third-order valence-electron chi connectivity index (χ3n) is 4.68. The van der Waals surface area contributed by atoms with Crippen LogP contribution in [0.4, 0.5) is 0 Å². The number of hydrogen-bond acceptors (Lipinski definition) is 5. The van der Waals surface area contributed by atoms with Gasteiger partial charge in [-0.1, -0.05) is 60.3 Å². The molecule has 2 aromatic carbocycles. The maximum Gasteiger partial charge on any atom is 0.313 e. The van der Waals surface area contributed by atoms with Gasteiger partial charge in [0.05, 0.1) is 19.4 Å². The number of nitrogens with zero attached hydrogens (tertiary/aromatic N) is 2. The topological polar surface area (TPSA) is 97.2 Å².